The van der Waals surface area contributed by atoms with Gasteiger partial charge in [0.25, 0.3) is 11.8 Å². The van der Waals surface area contributed by atoms with Gasteiger partial charge in [-0.15, -0.1) is 0 Å². The Kier molecular flexibility index (Phi) is 5.12. The van der Waals surface area contributed by atoms with Crippen molar-refractivity contribution >= 4 is 17.5 Å². The van der Waals surface area contributed by atoms with Crippen molar-refractivity contribution in [1.82, 2.24) is 5.32 Å². The SMILES string of the molecule is CC1CC(NC(=O)c2ccccc2)c2ccccc2N1C(=O)c1ccc(F)cc1. The number of carbonyl (C=O) groups excluding carboxylic acids is 2. The average Bonchev–Trinajstić information content (AvgIpc) is 2.74. The van der Waals surface area contributed by atoms with Crippen LogP contribution in [0.1, 0.15) is 45.7 Å². The predicted molar refractivity (Wildman–Crippen MR) is 110 cm³/mol. The van der Waals surface area contributed by atoms with E-state index in [1.807, 2.05) is 49.4 Å². The fraction of sp³-hybridized carbons (Fsp3) is 0.167. The summed E-state index contributed by atoms with van der Waals surface area (Å²) in [5, 5.41) is 3.10. The molecule has 0 saturated carbocycles. The Morgan fingerprint density at radius 2 is 1.55 bits per heavy atom. The molecule has 5 heteroatoms. The van der Waals surface area contributed by atoms with Crippen LogP contribution in [0.5, 0.6) is 0 Å². The Balaban J connectivity index is 1.64. The minimum atomic E-state index is -0.377. The lowest BCUT2D eigenvalue weighted by molar-refractivity contribution is 0.0929. The summed E-state index contributed by atoms with van der Waals surface area (Å²) in [6, 6.07) is 21.9. The number of carbonyl (C=O) groups is 2. The fourth-order valence-corrected chi connectivity index (χ4v) is 3.82. The molecule has 0 fully saturated rings. The highest BCUT2D eigenvalue weighted by Crippen LogP contribution is 2.38. The first kappa shape index (κ1) is 18.9. The first-order chi connectivity index (χ1) is 14.0. The summed E-state index contributed by atoms with van der Waals surface area (Å²) in [6.07, 6.45) is 0.586. The number of rotatable bonds is 3. The first-order valence-corrected chi connectivity index (χ1v) is 9.58. The molecule has 3 aromatic carbocycles. The van der Waals surface area contributed by atoms with Gasteiger partial charge in [0.1, 0.15) is 5.82 Å². The van der Waals surface area contributed by atoms with Crippen molar-refractivity contribution < 1.29 is 14.0 Å². The number of amides is 2. The molecular weight excluding hydrogens is 367 g/mol. The van der Waals surface area contributed by atoms with Crippen LogP contribution in [-0.2, 0) is 0 Å². The number of nitrogens with one attached hydrogen (secondary N) is 1. The number of benzene rings is 3. The van der Waals surface area contributed by atoms with Gasteiger partial charge in [0.15, 0.2) is 0 Å². The maximum Gasteiger partial charge on any atom is 0.258 e. The van der Waals surface area contributed by atoms with Gasteiger partial charge in [-0.25, -0.2) is 4.39 Å². The maximum absolute atomic E-state index is 13.3. The van der Waals surface area contributed by atoms with Crippen LogP contribution < -0.4 is 10.2 Å². The van der Waals surface area contributed by atoms with Gasteiger partial charge in [-0.3, -0.25) is 9.59 Å². The van der Waals surface area contributed by atoms with E-state index >= 15 is 0 Å². The molecule has 0 saturated heterocycles. The van der Waals surface area contributed by atoms with E-state index in [2.05, 4.69) is 5.32 Å². The molecule has 2 amide bonds. The molecule has 3 aromatic rings. The van der Waals surface area contributed by atoms with E-state index in [1.165, 1.54) is 24.3 Å². The number of halogens is 1. The highest BCUT2D eigenvalue weighted by molar-refractivity contribution is 6.07. The number of para-hydroxylation sites is 1. The summed E-state index contributed by atoms with van der Waals surface area (Å²) >= 11 is 0. The van der Waals surface area contributed by atoms with Gasteiger partial charge < -0.3 is 10.2 Å². The van der Waals surface area contributed by atoms with E-state index in [1.54, 1.807) is 17.0 Å². The Hall–Kier alpha value is -3.47. The molecule has 2 unspecified atom stereocenters. The highest BCUT2D eigenvalue weighted by Gasteiger charge is 2.34. The van der Waals surface area contributed by atoms with Crippen LogP contribution in [0.15, 0.2) is 78.9 Å². The monoisotopic (exact) mass is 388 g/mol. The van der Waals surface area contributed by atoms with Crippen molar-refractivity contribution in [3.05, 3.63) is 101 Å². The minimum absolute atomic E-state index is 0.136. The van der Waals surface area contributed by atoms with Gasteiger partial charge >= 0.3 is 0 Å². The zero-order chi connectivity index (χ0) is 20.4. The summed E-state index contributed by atoms with van der Waals surface area (Å²) < 4.78 is 13.3. The summed E-state index contributed by atoms with van der Waals surface area (Å²) in [6.45, 7) is 1.96. The van der Waals surface area contributed by atoms with Crippen LogP contribution in [0.2, 0.25) is 0 Å². The van der Waals surface area contributed by atoms with Crippen LogP contribution >= 0.6 is 0 Å². The van der Waals surface area contributed by atoms with Crippen molar-refractivity contribution in [1.29, 1.82) is 0 Å². The summed E-state index contributed by atoms with van der Waals surface area (Å²) in [7, 11) is 0. The third-order valence-electron chi connectivity index (χ3n) is 5.24. The molecule has 0 radical (unpaired) electrons. The smallest absolute Gasteiger partial charge is 0.258 e. The predicted octanol–water partition coefficient (Wildman–Crippen LogP) is 4.74. The van der Waals surface area contributed by atoms with Crippen LogP contribution in [0.3, 0.4) is 0 Å². The van der Waals surface area contributed by atoms with Gasteiger partial charge in [0.05, 0.1) is 6.04 Å². The number of nitrogens with zero attached hydrogens (tertiary/aromatic N) is 1. The normalized spacial score (nSPS) is 18.1. The second-order valence-electron chi connectivity index (χ2n) is 7.22. The zero-order valence-corrected chi connectivity index (χ0v) is 16.0. The van der Waals surface area contributed by atoms with Crippen LogP contribution in [0, 0.1) is 5.82 Å². The first-order valence-electron chi connectivity index (χ1n) is 9.58. The molecule has 0 bridgehead atoms. The molecule has 29 heavy (non-hydrogen) atoms. The molecule has 4 rings (SSSR count). The lowest BCUT2D eigenvalue weighted by Gasteiger charge is -2.39. The molecule has 0 aromatic heterocycles. The molecule has 0 aliphatic carbocycles. The number of hydrogen-bond acceptors (Lipinski definition) is 2. The summed E-state index contributed by atoms with van der Waals surface area (Å²) in [5.74, 6) is -0.703. The second kappa shape index (κ2) is 7.87. The Morgan fingerprint density at radius 1 is 0.897 bits per heavy atom. The van der Waals surface area contributed by atoms with Crippen molar-refractivity contribution in [3.8, 4) is 0 Å². The molecule has 0 spiro atoms. The van der Waals surface area contributed by atoms with Gasteiger partial charge in [0.2, 0.25) is 0 Å². The van der Waals surface area contributed by atoms with Crippen molar-refractivity contribution in [2.24, 2.45) is 0 Å². The van der Waals surface area contributed by atoms with Crippen LogP contribution in [0.4, 0.5) is 10.1 Å². The lowest BCUT2D eigenvalue weighted by atomic mass is 9.90. The van der Waals surface area contributed by atoms with E-state index in [9.17, 15) is 14.0 Å². The van der Waals surface area contributed by atoms with Gasteiger partial charge in [-0.05, 0) is 61.4 Å². The third kappa shape index (κ3) is 3.76. The van der Waals surface area contributed by atoms with E-state index in [-0.39, 0.29) is 29.7 Å². The van der Waals surface area contributed by atoms with Crippen LogP contribution in [-0.4, -0.2) is 17.9 Å². The Labute approximate surface area is 169 Å². The topological polar surface area (TPSA) is 49.4 Å². The third-order valence-corrected chi connectivity index (χ3v) is 5.24. The maximum atomic E-state index is 13.3. The number of anilines is 1. The standard InChI is InChI=1S/C24H21FN2O2/c1-16-15-21(26-23(28)17-7-3-2-4-8-17)20-9-5-6-10-22(20)27(16)24(29)18-11-13-19(25)14-12-18/h2-14,16,21H,15H2,1H3,(H,26,28). The zero-order valence-electron chi connectivity index (χ0n) is 16.0. The van der Waals surface area contributed by atoms with Crippen LogP contribution in [0.25, 0.3) is 0 Å². The van der Waals surface area contributed by atoms with Gasteiger partial charge in [0, 0.05) is 22.9 Å². The molecule has 2 atom stereocenters. The molecule has 1 N–H and O–H groups in total. The molecule has 4 nitrogen and oxygen atoms in total. The summed E-state index contributed by atoms with van der Waals surface area (Å²) in [5.41, 5.74) is 2.69. The minimum Gasteiger partial charge on any atom is -0.345 e. The van der Waals surface area contributed by atoms with Crippen molar-refractivity contribution in [2.75, 3.05) is 4.90 Å². The van der Waals surface area contributed by atoms with E-state index < -0.39 is 0 Å². The molecule has 1 aliphatic rings. The van der Waals surface area contributed by atoms with Gasteiger partial charge in [-0.1, -0.05) is 36.4 Å². The van der Waals surface area contributed by atoms with E-state index in [0.717, 1.165) is 11.3 Å². The quantitative estimate of drug-likeness (QED) is 0.705. The number of fused-ring (bicyclic) bond motifs is 1. The Bertz CT molecular complexity index is 1030. The Morgan fingerprint density at radius 3 is 2.28 bits per heavy atom. The molecular formula is C24H21FN2O2. The molecule has 1 aliphatic heterocycles. The average molecular weight is 388 g/mol. The van der Waals surface area contributed by atoms with E-state index in [4.69, 9.17) is 0 Å². The van der Waals surface area contributed by atoms with Gasteiger partial charge in [-0.2, -0.15) is 0 Å². The number of hydrogen-bond donors (Lipinski definition) is 1. The van der Waals surface area contributed by atoms with Crippen molar-refractivity contribution in [2.45, 2.75) is 25.4 Å². The second-order valence-corrected chi connectivity index (χ2v) is 7.22. The largest absolute Gasteiger partial charge is 0.345 e. The highest BCUT2D eigenvalue weighted by atomic mass is 19.1. The molecule has 146 valence electrons. The van der Waals surface area contributed by atoms with E-state index in [0.29, 0.717) is 17.5 Å². The lowest BCUT2D eigenvalue weighted by Crippen LogP contribution is -2.46. The fourth-order valence-electron chi connectivity index (χ4n) is 3.82. The summed E-state index contributed by atoms with van der Waals surface area (Å²) in [4.78, 5) is 27.6. The van der Waals surface area contributed by atoms with Crippen molar-refractivity contribution in [3.63, 3.8) is 0 Å². The molecule has 1 heterocycles.